The molecular weight excluding hydrogens is 354 g/mol. The van der Waals surface area contributed by atoms with Crippen molar-refractivity contribution in [3.63, 3.8) is 0 Å². The first-order valence-corrected chi connectivity index (χ1v) is 1.56. The van der Waals surface area contributed by atoms with E-state index in [1.165, 1.54) is 6.92 Å². The van der Waals surface area contributed by atoms with Crippen LogP contribution in [0.1, 0.15) is 6.92 Å². The molecule has 0 aliphatic heterocycles. The second kappa shape index (κ2) is 10.6. The molecule has 0 aliphatic rings. The topological polar surface area (TPSA) is 34.1 Å². The van der Waals surface area contributed by atoms with Gasteiger partial charge in [0.15, 0.2) is 0 Å². The van der Waals surface area contributed by atoms with Gasteiger partial charge >= 0.3 is 0 Å². The summed E-state index contributed by atoms with van der Waals surface area (Å²) in [6.07, 6.45) is 1.45. The van der Waals surface area contributed by atoms with Crippen molar-refractivity contribution < 1.29 is 54.3 Å². The van der Waals surface area contributed by atoms with Crippen LogP contribution in [0.2, 0.25) is 0 Å². The molecule has 0 fully saturated rings. The molecular formula is C4H5NbO2Ta-. The van der Waals surface area contributed by atoms with Crippen LogP contribution in [-0.2, 0) is 54.3 Å². The first-order chi connectivity index (χ1) is 2.77. The molecule has 2 nitrogen and oxygen atoms in total. The SMILES string of the molecule is CC(=O)[CH-]C=O.[Nb].[Ta]. The fourth-order valence-electron chi connectivity index (χ4n) is 0.0958. The summed E-state index contributed by atoms with van der Waals surface area (Å²) >= 11 is 0. The second-order valence-corrected chi connectivity index (χ2v) is 0.913. The van der Waals surface area contributed by atoms with Gasteiger partial charge in [-0.3, -0.25) is 6.42 Å². The van der Waals surface area contributed by atoms with E-state index in [1.54, 1.807) is 0 Å². The molecule has 0 N–H and O–H groups in total. The van der Waals surface area contributed by atoms with Crippen LogP contribution >= 0.6 is 0 Å². The zero-order chi connectivity index (χ0) is 4.99. The maximum Gasteiger partial charge on any atom is 0.00194 e. The Morgan fingerprint density at radius 3 is 2.00 bits per heavy atom. The smallest absolute Gasteiger partial charge is 0.00194 e. The molecule has 0 atom stereocenters. The van der Waals surface area contributed by atoms with Crippen LogP contribution in [0.4, 0.5) is 0 Å². The Morgan fingerprint density at radius 2 is 2.00 bits per heavy atom. The van der Waals surface area contributed by atoms with Crippen molar-refractivity contribution in [2.24, 2.45) is 0 Å². The maximum atomic E-state index is 9.76. The Kier molecular flexibility index (Phi) is 21.1. The van der Waals surface area contributed by atoms with Gasteiger partial charge in [0.1, 0.15) is 0 Å². The van der Waals surface area contributed by atoms with Gasteiger partial charge in [0.2, 0.25) is 0 Å². The van der Waals surface area contributed by atoms with E-state index in [4.69, 9.17) is 0 Å². The molecule has 44 valence electrons. The van der Waals surface area contributed by atoms with Crippen molar-refractivity contribution in [1.82, 2.24) is 0 Å². The molecule has 0 amide bonds. The average molecular weight is 359 g/mol. The van der Waals surface area contributed by atoms with Gasteiger partial charge in [-0.05, 0) is 13.2 Å². The normalized spacial score (nSPS) is 5.12. The molecule has 4 heteroatoms. The number of ketones is 1. The molecule has 0 rings (SSSR count). The summed E-state index contributed by atoms with van der Waals surface area (Å²) in [5.74, 6) is -0.204. The van der Waals surface area contributed by atoms with Crippen LogP contribution in [-0.4, -0.2) is 12.1 Å². The minimum Gasteiger partial charge on any atom is -0.338 e. The molecule has 0 aromatic carbocycles. The fraction of sp³-hybridized carbons (Fsp3) is 0.250. The molecule has 0 unspecified atom stereocenters. The predicted molar refractivity (Wildman–Crippen MR) is 21.0 cm³/mol. The van der Waals surface area contributed by atoms with E-state index in [9.17, 15) is 9.59 Å². The molecule has 2 radical (unpaired) electrons. The number of rotatable bonds is 2. The van der Waals surface area contributed by atoms with Crippen molar-refractivity contribution in [2.75, 3.05) is 0 Å². The number of carbonyl (C=O) groups is 2. The van der Waals surface area contributed by atoms with Crippen LogP contribution in [0.3, 0.4) is 0 Å². The van der Waals surface area contributed by atoms with Gasteiger partial charge in [-0.2, -0.15) is 0 Å². The van der Waals surface area contributed by atoms with Gasteiger partial charge in [0, 0.05) is 50.5 Å². The van der Waals surface area contributed by atoms with Gasteiger partial charge in [-0.25, -0.2) is 0 Å². The van der Waals surface area contributed by atoms with Crippen molar-refractivity contribution in [3.8, 4) is 0 Å². The zero-order valence-corrected chi connectivity index (χ0v) is 9.78. The van der Waals surface area contributed by atoms with E-state index < -0.39 is 0 Å². The first-order valence-electron chi connectivity index (χ1n) is 1.56. The van der Waals surface area contributed by atoms with E-state index in [0.29, 0.717) is 6.29 Å². The summed E-state index contributed by atoms with van der Waals surface area (Å²) < 4.78 is 0. The number of hydrogen-bond donors (Lipinski definition) is 0. The van der Waals surface area contributed by atoms with Crippen LogP contribution in [0, 0.1) is 6.42 Å². The molecule has 0 heterocycles. The van der Waals surface area contributed by atoms with Crippen LogP contribution < -0.4 is 0 Å². The number of carbonyl (C=O) groups excluding carboxylic acids is 2. The first kappa shape index (κ1) is 15.9. The Hall–Kier alpha value is 0.691. The van der Waals surface area contributed by atoms with Crippen LogP contribution in [0.5, 0.6) is 0 Å². The van der Waals surface area contributed by atoms with Crippen LogP contribution in [0.25, 0.3) is 0 Å². The van der Waals surface area contributed by atoms with E-state index in [0.717, 1.165) is 6.42 Å². The third-order valence-corrected chi connectivity index (χ3v) is 0.303. The summed E-state index contributed by atoms with van der Waals surface area (Å²) in [5, 5.41) is 0. The minimum absolute atomic E-state index is 0. The second-order valence-electron chi connectivity index (χ2n) is 0.913. The average Bonchev–Trinajstić information content (AvgIpc) is 1.35. The molecule has 0 aliphatic carbocycles. The van der Waals surface area contributed by atoms with E-state index >= 15 is 0 Å². The third kappa shape index (κ3) is 15.9. The van der Waals surface area contributed by atoms with E-state index in [1.807, 2.05) is 0 Å². The van der Waals surface area contributed by atoms with Gasteiger partial charge in [0.05, 0.1) is 0 Å². The quantitative estimate of drug-likeness (QED) is 0.301. The van der Waals surface area contributed by atoms with Gasteiger partial charge in [-0.1, -0.05) is 0 Å². The Morgan fingerprint density at radius 1 is 1.62 bits per heavy atom. The molecule has 0 saturated heterocycles. The number of Topliss-reactive ketones (excluding diaryl/α,β-unsaturated/α-hetero) is 1. The predicted octanol–water partition coefficient (Wildman–Crippen LogP) is -0.0264. The fourth-order valence-corrected chi connectivity index (χ4v) is 0.0958. The monoisotopic (exact) mass is 359 g/mol. The van der Waals surface area contributed by atoms with Gasteiger partial charge in [0.25, 0.3) is 0 Å². The summed E-state index contributed by atoms with van der Waals surface area (Å²) in [4.78, 5) is 19.1. The molecule has 0 saturated carbocycles. The molecule has 0 bridgehead atoms. The molecule has 8 heavy (non-hydrogen) atoms. The Bertz CT molecular complexity index is 74.4. The Balaban J connectivity index is -0.000000125. The van der Waals surface area contributed by atoms with E-state index in [2.05, 4.69) is 0 Å². The summed E-state index contributed by atoms with van der Waals surface area (Å²) in [6.45, 7) is 1.33. The number of hydrogen-bond acceptors (Lipinski definition) is 2. The van der Waals surface area contributed by atoms with Gasteiger partial charge < -0.3 is 9.59 Å². The van der Waals surface area contributed by atoms with Crippen LogP contribution in [0.15, 0.2) is 0 Å². The summed E-state index contributed by atoms with van der Waals surface area (Å²) in [5.41, 5.74) is 0. The van der Waals surface area contributed by atoms with Gasteiger partial charge in [-0.15, -0.1) is 0 Å². The zero-order valence-electron chi connectivity index (χ0n) is 4.37. The summed E-state index contributed by atoms with van der Waals surface area (Å²) in [7, 11) is 0. The van der Waals surface area contributed by atoms with Crippen molar-refractivity contribution in [2.45, 2.75) is 6.92 Å². The van der Waals surface area contributed by atoms with E-state index in [-0.39, 0.29) is 50.5 Å². The summed E-state index contributed by atoms with van der Waals surface area (Å²) in [6, 6.07) is 0. The molecule has 0 spiro atoms. The minimum atomic E-state index is -0.204. The standard InChI is InChI=1S/C4H5O2.Nb.Ta/c1-4(6)2-3-5;;/h2-3H,1H3;;/q-1;;. The largest absolute Gasteiger partial charge is 0.338 e. The van der Waals surface area contributed by atoms with Crippen molar-refractivity contribution >= 4 is 12.1 Å². The Labute approximate surface area is 79.4 Å². The number of aldehydes is 1. The van der Waals surface area contributed by atoms with Crippen molar-refractivity contribution in [1.29, 1.82) is 0 Å². The maximum absolute atomic E-state index is 9.76. The van der Waals surface area contributed by atoms with Crippen molar-refractivity contribution in [3.05, 3.63) is 6.42 Å². The molecule has 0 aromatic heterocycles. The third-order valence-electron chi connectivity index (χ3n) is 0.303. The molecule has 0 aromatic rings.